The fourth-order valence-corrected chi connectivity index (χ4v) is 2.92. The maximum atomic E-state index is 11.6. The van der Waals surface area contributed by atoms with E-state index in [9.17, 15) is 19.2 Å². The molecule has 84 valence electrons. The maximum absolute atomic E-state index is 11.6. The number of fused-ring (bicyclic) bond motifs is 3. The molecule has 0 aromatic rings. The van der Waals surface area contributed by atoms with Crippen LogP contribution in [0.1, 0.15) is 19.3 Å². The summed E-state index contributed by atoms with van der Waals surface area (Å²) in [5, 5.41) is 0. The van der Waals surface area contributed by atoms with Crippen molar-refractivity contribution in [3.8, 4) is 0 Å². The average Bonchev–Trinajstić information content (AvgIpc) is 2.66. The molecule has 2 saturated heterocycles. The molecule has 3 aliphatic rings. The second kappa shape index (κ2) is 2.69. The summed E-state index contributed by atoms with van der Waals surface area (Å²) >= 11 is 0. The third-order valence-electron chi connectivity index (χ3n) is 3.69. The topological polar surface area (TPSA) is 86.7 Å². The van der Waals surface area contributed by atoms with Crippen LogP contribution in [-0.2, 0) is 28.7 Å². The second-order valence-corrected chi connectivity index (χ2v) is 4.52. The Bertz CT molecular complexity index is 439. The van der Waals surface area contributed by atoms with Crippen LogP contribution in [0.3, 0.4) is 0 Å². The molecule has 2 unspecified atom stereocenters. The maximum Gasteiger partial charge on any atom is 0.321 e. The SMILES string of the molecule is O=C1CC2(CC3C[C@H]2C(=O)OC3=O)C(=O)O1. The Kier molecular flexibility index (Phi) is 1.60. The van der Waals surface area contributed by atoms with E-state index in [4.69, 9.17) is 0 Å². The summed E-state index contributed by atoms with van der Waals surface area (Å²) in [5.41, 5.74) is -1.13. The molecule has 0 radical (unpaired) electrons. The lowest BCUT2D eigenvalue weighted by Gasteiger charge is -2.23. The van der Waals surface area contributed by atoms with Gasteiger partial charge in [0, 0.05) is 0 Å². The normalized spacial score (nSPS) is 41.5. The van der Waals surface area contributed by atoms with Gasteiger partial charge in [-0.05, 0) is 12.8 Å². The van der Waals surface area contributed by atoms with Gasteiger partial charge < -0.3 is 9.47 Å². The first-order valence-electron chi connectivity index (χ1n) is 5.03. The Labute approximate surface area is 89.9 Å². The highest BCUT2D eigenvalue weighted by Gasteiger charge is 2.65. The molecule has 2 aliphatic heterocycles. The van der Waals surface area contributed by atoms with Crippen molar-refractivity contribution in [1.82, 2.24) is 0 Å². The van der Waals surface area contributed by atoms with E-state index < -0.39 is 41.1 Å². The number of cyclic esters (lactones) is 4. The minimum atomic E-state index is -1.13. The summed E-state index contributed by atoms with van der Waals surface area (Å²) in [7, 11) is 0. The molecule has 1 saturated carbocycles. The molecule has 3 rings (SSSR count). The van der Waals surface area contributed by atoms with Crippen LogP contribution in [0.2, 0.25) is 0 Å². The molecule has 6 heteroatoms. The summed E-state index contributed by atoms with van der Waals surface area (Å²) in [6.45, 7) is 0. The number of hydrogen-bond donors (Lipinski definition) is 0. The van der Waals surface area contributed by atoms with E-state index in [0.717, 1.165) is 0 Å². The van der Waals surface area contributed by atoms with E-state index in [1.54, 1.807) is 0 Å². The summed E-state index contributed by atoms with van der Waals surface area (Å²) in [4.78, 5) is 45.6. The number of carbonyl (C=O) groups excluding carboxylic acids is 4. The Morgan fingerprint density at radius 2 is 1.81 bits per heavy atom. The van der Waals surface area contributed by atoms with E-state index in [0.29, 0.717) is 6.42 Å². The highest BCUT2D eigenvalue weighted by Crippen LogP contribution is 2.55. The van der Waals surface area contributed by atoms with E-state index in [1.165, 1.54) is 0 Å². The van der Waals surface area contributed by atoms with Gasteiger partial charge in [-0.1, -0.05) is 0 Å². The molecule has 1 aliphatic carbocycles. The smallest absolute Gasteiger partial charge is 0.321 e. The van der Waals surface area contributed by atoms with Crippen molar-refractivity contribution in [2.75, 3.05) is 0 Å². The predicted octanol–water partition coefficient (Wildman–Crippen LogP) is -0.444. The molecular formula is C10H8O6. The number of carbonyl (C=O) groups is 4. The molecule has 0 aromatic heterocycles. The Balaban J connectivity index is 2.05. The van der Waals surface area contributed by atoms with Crippen LogP contribution < -0.4 is 0 Å². The molecule has 2 bridgehead atoms. The van der Waals surface area contributed by atoms with Gasteiger partial charge in [0.15, 0.2) is 0 Å². The van der Waals surface area contributed by atoms with E-state index >= 15 is 0 Å². The lowest BCUT2D eigenvalue weighted by Crippen LogP contribution is -2.37. The van der Waals surface area contributed by atoms with Gasteiger partial charge in [-0.2, -0.15) is 0 Å². The van der Waals surface area contributed by atoms with Crippen molar-refractivity contribution in [3.63, 3.8) is 0 Å². The zero-order valence-electron chi connectivity index (χ0n) is 8.23. The van der Waals surface area contributed by atoms with Gasteiger partial charge in [-0.25, -0.2) is 0 Å². The minimum Gasteiger partial charge on any atom is -0.393 e. The van der Waals surface area contributed by atoms with Crippen LogP contribution in [0, 0.1) is 17.3 Å². The Morgan fingerprint density at radius 1 is 1.06 bits per heavy atom. The van der Waals surface area contributed by atoms with Crippen molar-refractivity contribution in [1.29, 1.82) is 0 Å². The lowest BCUT2D eigenvalue weighted by atomic mass is 9.76. The standard InChI is InChI=1S/C10H8O6/c11-6-3-10(9(14)15-6)2-4-1-5(10)8(13)16-7(4)12/h4-5H,1-3H2/t4?,5-,10?/m0/s1. The fourth-order valence-electron chi connectivity index (χ4n) is 2.92. The first-order valence-corrected chi connectivity index (χ1v) is 5.03. The van der Waals surface area contributed by atoms with E-state index in [1.807, 2.05) is 0 Å². The van der Waals surface area contributed by atoms with Gasteiger partial charge in [0.1, 0.15) is 0 Å². The van der Waals surface area contributed by atoms with Crippen LogP contribution in [0.15, 0.2) is 0 Å². The van der Waals surface area contributed by atoms with Crippen LogP contribution >= 0.6 is 0 Å². The van der Waals surface area contributed by atoms with Gasteiger partial charge >= 0.3 is 23.9 Å². The zero-order valence-corrected chi connectivity index (χ0v) is 8.23. The van der Waals surface area contributed by atoms with Crippen molar-refractivity contribution in [2.45, 2.75) is 19.3 Å². The number of rotatable bonds is 0. The monoisotopic (exact) mass is 224 g/mol. The summed E-state index contributed by atoms with van der Waals surface area (Å²) in [6.07, 6.45) is 0.363. The zero-order chi connectivity index (χ0) is 11.5. The molecule has 16 heavy (non-hydrogen) atoms. The summed E-state index contributed by atoms with van der Waals surface area (Å²) < 4.78 is 9.04. The third-order valence-corrected chi connectivity index (χ3v) is 3.69. The molecule has 0 aromatic carbocycles. The van der Waals surface area contributed by atoms with Gasteiger partial charge in [0.25, 0.3) is 0 Å². The predicted molar refractivity (Wildman–Crippen MR) is 45.5 cm³/mol. The van der Waals surface area contributed by atoms with Crippen molar-refractivity contribution >= 4 is 23.9 Å². The molecule has 6 nitrogen and oxygen atoms in total. The van der Waals surface area contributed by atoms with Gasteiger partial charge in [0.2, 0.25) is 0 Å². The van der Waals surface area contributed by atoms with E-state index in [-0.39, 0.29) is 12.8 Å². The van der Waals surface area contributed by atoms with Crippen LogP contribution in [0.4, 0.5) is 0 Å². The van der Waals surface area contributed by atoms with E-state index in [2.05, 4.69) is 9.47 Å². The lowest BCUT2D eigenvalue weighted by molar-refractivity contribution is -0.172. The first-order chi connectivity index (χ1) is 7.53. The molecule has 3 atom stereocenters. The van der Waals surface area contributed by atoms with Crippen molar-refractivity contribution in [3.05, 3.63) is 0 Å². The van der Waals surface area contributed by atoms with Crippen molar-refractivity contribution < 1.29 is 28.7 Å². The number of hydrogen-bond acceptors (Lipinski definition) is 6. The quantitative estimate of drug-likeness (QED) is 0.409. The van der Waals surface area contributed by atoms with Crippen molar-refractivity contribution in [2.24, 2.45) is 17.3 Å². The van der Waals surface area contributed by atoms with Gasteiger partial charge in [-0.3, -0.25) is 19.2 Å². The molecule has 0 amide bonds. The summed E-state index contributed by atoms with van der Waals surface area (Å²) in [6, 6.07) is 0. The molecule has 0 N–H and O–H groups in total. The average molecular weight is 224 g/mol. The van der Waals surface area contributed by atoms with Crippen LogP contribution in [0.5, 0.6) is 0 Å². The summed E-state index contributed by atoms with van der Waals surface area (Å²) in [5.74, 6) is -3.76. The first kappa shape index (κ1) is 9.50. The Hall–Kier alpha value is -1.72. The molecule has 2 heterocycles. The number of ether oxygens (including phenoxy) is 2. The Morgan fingerprint density at radius 3 is 2.44 bits per heavy atom. The third kappa shape index (κ3) is 0.963. The molecular weight excluding hydrogens is 216 g/mol. The van der Waals surface area contributed by atoms with Crippen LogP contribution in [0.25, 0.3) is 0 Å². The minimum absolute atomic E-state index is 0.116. The van der Waals surface area contributed by atoms with Crippen LogP contribution in [-0.4, -0.2) is 23.9 Å². The van der Waals surface area contributed by atoms with Gasteiger partial charge in [-0.15, -0.1) is 0 Å². The highest BCUT2D eigenvalue weighted by molar-refractivity contribution is 6.04. The largest absolute Gasteiger partial charge is 0.393 e. The van der Waals surface area contributed by atoms with Gasteiger partial charge in [0.05, 0.1) is 23.7 Å². The second-order valence-electron chi connectivity index (χ2n) is 4.52. The molecule has 1 spiro atoms. The fraction of sp³-hybridized carbons (Fsp3) is 0.600. The molecule has 3 fully saturated rings. The highest BCUT2D eigenvalue weighted by atomic mass is 16.6. The number of esters is 4.